The summed E-state index contributed by atoms with van der Waals surface area (Å²) in [5.74, 6) is 0.514. The zero-order valence-corrected chi connectivity index (χ0v) is 10.7. The molecule has 5 nitrogen and oxygen atoms in total. The Kier molecular flexibility index (Phi) is 3.94. The van der Waals surface area contributed by atoms with Gasteiger partial charge in [-0.15, -0.1) is 0 Å². The van der Waals surface area contributed by atoms with E-state index >= 15 is 0 Å². The van der Waals surface area contributed by atoms with Crippen LogP contribution in [0.3, 0.4) is 0 Å². The minimum atomic E-state index is 0.507. The van der Waals surface area contributed by atoms with Crippen LogP contribution >= 0.6 is 0 Å². The van der Waals surface area contributed by atoms with E-state index in [4.69, 9.17) is 11.0 Å². The van der Waals surface area contributed by atoms with Gasteiger partial charge in [0, 0.05) is 23.3 Å². The number of nitrogen functional groups attached to an aromatic ring is 1. The van der Waals surface area contributed by atoms with Gasteiger partial charge in [0.2, 0.25) is 5.95 Å². The summed E-state index contributed by atoms with van der Waals surface area (Å²) < 4.78 is 0. The molecule has 0 radical (unpaired) electrons. The number of nitriles is 1. The Morgan fingerprint density at radius 3 is 2.95 bits per heavy atom. The lowest BCUT2D eigenvalue weighted by Crippen LogP contribution is -2.00. The van der Waals surface area contributed by atoms with Gasteiger partial charge in [-0.2, -0.15) is 5.26 Å². The van der Waals surface area contributed by atoms with Crippen LogP contribution in [0.25, 0.3) is 0 Å². The molecule has 1 aromatic heterocycles. The lowest BCUT2D eigenvalue weighted by atomic mass is 10.2. The Balaban J connectivity index is 2.23. The normalized spacial score (nSPS) is 9.89. The van der Waals surface area contributed by atoms with E-state index in [1.807, 2.05) is 6.07 Å². The van der Waals surface area contributed by atoms with Gasteiger partial charge in [-0.3, -0.25) is 0 Å². The van der Waals surface area contributed by atoms with E-state index < -0.39 is 0 Å². The molecule has 0 spiro atoms. The molecule has 5 heteroatoms. The molecule has 96 valence electrons. The van der Waals surface area contributed by atoms with Gasteiger partial charge in [0.15, 0.2) is 0 Å². The zero-order valence-electron chi connectivity index (χ0n) is 10.7. The molecular weight excluding hydrogens is 238 g/mol. The SMILES string of the molecule is CCCc1ccnc(Nc2cc(N)cc(C#N)c2)n1. The molecule has 0 atom stereocenters. The Hall–Kier alpha value is -2.61. The van der Waals surface area contributed by atoms with Gasteiger partial charge in [-0.25, -0.2) is 9.97 Å². The predicted octanol–water partition coefficient (Wildman–Crippen LogP) is 2.63. The topological polar surface area (TPSA) is 87.6 Å². The van der Waals surface area contributed by atoms with E-state index in [2.05, 4.69) is 28.3 Å². The van der Waals surface area contributed by atoms with Crippen molar-refractivity contribution in [2.24, 2.45) is 0 Å². The third-order valence-electron chi connectivity index (χ3n) is 2.56. The van der Waals surface area contributed by atoms with Crippen LogP contribution in [0, 0.1) is 11.3 Å². The highest BCUT2D eigenvalue weighted by Gasteiger charge is 2.02. The molecule has 19 heavy (non-hydrogen) atoms. The standard InChI is InChI=1S/C14H15N5/c1-2-3-12-4-5-17-14(18-12)19-13-7-10(9-15)6-11(16)8-13/h4-8H,2-3,16H2,1H3,(H,17,18,19). The Morgan fingerprint density at radius 2 is 2.21 bits per heavy atom. The van der Waals surface area contributed by atoms with Crippen LogP contribution in [0.4, 0.5) is 17.3 Å². The van der Waals surface area contributed by atoms with Crippen LogP contribution in [0.5, 0.6) is 0 Å². The van der Waals surface area contributed by atoms with E-state index in [0.717, 1.165) is 18.5 Å². The lowest BCUT2D eigenvalue weighted by molar-refractivity contribution is 0.875. The molecule has 0 saturated heterocycles. The Morgan fingerprint density at radius 1 is 1.37 bits per heavy atom. The summed E-state index contributed by atoms with van der Waals surface area (Å²) in [5, 5.41) is 12.0. The van der Waals surface area contributed by atoms with Crippen LogP contribution in [0.2, 0.25) is 0 Å². The minimum Gasteiger partial charge on any atom is -0.399 e. The molecule has 0 unspecified atom stereocenters. The van der Waals surface area contributed by atoms with Gasteiger partial charge in [0.1, 0.15) is 0 Å². The summed E-state index contributed by atoms with van der Waals surface area (Å²) in [5.41, 5.74) is 8.48. The number of anilines is 3. The van der Waals surface area contributed by atoms with Crippen molar-refractivity contribution >= 4 is 17.3 Å². The van der Waals surface area contributed by atoms with Crippen LogP contribution in [0.1, 0.15) is 24.6 Å². The van der Waals surface area contributed by atoms with Crippen molar-refractivity contribution in [3.05, 3.63) is 41.7 Å². The van der Waals surface area contributed by atoms with Crippen molar-refractivity contribution in [1.82, 2.24) is 9.97 Å². The summed E-state index contributed by atoms with van der Waals surface area (Å²) >= 11 is 0. The second-order valence-corrected chi connectivity index (χ2v) is 4.20. The largest absolute Gasteiger partial charge is 0.399 e. The average molecular weight is 253 g/mol. The maximum absolute atomic E-state index is 8.90. The first-order chi connectivity index (χ1) is 9.21. The highest BCUT2D eigenvalue weighted by Crippen LogP contribution is 2.19. The number of nitrogens with zero attached hydrogens (tertiary/aromatic N) is 3. The fraction of sp³-hybridized carbons (Fsp3) is 0.214. The van der Waals surface area contributed by atoms with Gasteiger partial charge in [-0.05, 0) is 30.7 Å². The number of hydrogen-bond donors (Lipinski definition) is 2. The van der Waals surface area contributed by atoms with Gasteiger partial charge in [0.05, 0.1) is 11.6 Å². The van der Waals surface area contributed by atoms with Gasteiger partial charge in [0.25, 0.3) is 0 Å². The predicted molar refractivity (Wildman–Crippen MR) is 74.9 cm³/mol. The average Bonchev–Trinajstić information content (AvgIpc) is 2.39. The number of hydrogen-bond acceptors (Lipinski definition) is 5. The van der Waals surface area contributed by atoms with Crippen molar-refractivity contribution < 1.29 is 0 Å². The second-order valence-electron chi connectivity index (χ2n) is 4.20. The molecule has 0 saturated carbocycles. The van der Waals surface area contributed by atoms with E-state index in [0.29, 0.717) is 22.9 Å². The maximum Gasteiger partial charge on any atom is 0.227 e. The van der Waals surface area contributed by atoms with Crippen molar-refractivity contribution in [2.75, 3.05) is 11.1 Å². The maximum atomic E-state index is 8.90. The number of nitrogens with two attached hydrogens (primary N) is 1. The molecule has 0 fully saturated rings. The number of rotatable bonds is 4. The first kappa shape index (κ1) is 12.8. The first-order valence-electron chi connectivity index (χ1n) is 6.11. The van der Waals surface area contributed by atoms with Crippen molar-refractivity contribution in [2.45, 2.75) is 19.8 Å². The molecule has 1 aromatic carbocycles. The first-order valence-corrected chi connectivity index (χ1v) is 6.11. The lowest BCUT2D eigenvalue weighted by Gasteiger charge is -2.07. The number of aryl methyl sites for hydroxylation is 1. The van der Waals surface area contributed by atoms with Crippen molar-refractivity contribution in [1.29, 1.82) is 5.26 Å². The Bertz CT molecular complexity index is 615. The summed E-state index contributed by atoms with van der Waals surface area (Å²) in [6.45, 7) is 2.10. The van der Waals surface area contributed by atoms with Gasteiger partial charge in [-0.1, -0.05) is 13.3 Å². The summed E-state index contributed by atoms with van der Waals surface area (Å²) in [6.07, 6.45) is 3.67. The second kappa shape index (κ2) is 5.83. The molecule has 0 aliphatic rings. The summed E-state index contributed by atoms with van der Waals surface area (Å²) in [4.78, 5) is 8.55. The minimum absolute atomic E-state index is 0.507. The molecule has 2 aromatic rings. The van der Waals surface area contributed by atoms with Crippen molar-refractivity contribution in [3.63, 3.8) is 0 Å². The number of aromatic nitrogens is 2. The van der Waals surface area contributed by atoms with E-state index in [1.54, 1.807) is 24.4 Å². The smallest absolute Gasteiger partial charge is 0.227 e. The molecule has 0 bridgehead atoms. The summed E-state index contributed by atoms with van der Waals surface area (Å²) in [7, 11) is 0. The fourth-order valence-electron chi connectivity index (χ4n) is 1.77. The molecule has 1 heterocycles. The molecule has 0 amide bonds. The Labute approximate surface area is 112 Å². The van der Waals surface area contributed by atoms with E-state index in [9.17, 15) is 0 Å². The van der Waals surface area contributed by atoms with Crippen LogP contribution in [-0.2, 0) is 6.42 Å². The fourth-order valence-corrected chi connectivity index (χ4v) is 1.77. The number of nitrogens with one attached hydrogen (secondary N) is 1. The third kappa shape index (κ3) is 3.42. The number of benzene rings is 1. The van der Waals surface area contributed by atoms with E-state index in [-0.39, 0.29) is 0 Å². The highest BCUT2D eigenvalue weighted by molar-refractivity contribution is 5.63. The van der Waals surface area contributed by atoms with Crippen LogP contribution < -0.4 is 11.1 Å². The quantitative estimate of drug-likeness (QED) is 0.818. The molecular formula is C14H15N5. The highest BCUT2D eigenvalue weighted by atomic mass is 15.1. The van der Waals surface area contributed by atoms with E-state index in [1.165, 1.54) is 0 Å². The van der Waals surface area contributed by atoms with Gasteiger partial charge >= 0.3 is 0 Å². The van der Waals surface area contributed by atoms with Crippen molar-refractivity contribution in [3.8, 4) is 6.07 Å². The third-order valence-corrected chi connectivity index (χ3v) is 2.56. The zero-order chi connectivity index (χ0) is 13.7. The molecule has 2 rings (SSSR count). The monoisotopic (exact) mass is 253 g/mol. The molecule has 3 N–H and O–H groups in total. The van der Waals surface area contributed by atoms with Crippen LogP contribution in [-0.4, -0.2) is 9.97 Å². The summed E-state index contributed by atoms with van der Waals surface area (Å²) in [6, 6.07) is 9.05. The molecule has 0 aliphatic heterocycles. The molecule has 0 aliphatic carbocycles. The van der Waals surface area contributed by atoms with Gasteiger partial charge < -0.3 is 11.1 Å². The van der Waals surface area contributed by atoms with Crippen LogP contribution in [0.15, 0.2) is 30.5 Å².